The molecule has 6 heteroatoms. The molecular weight excluding hydrogens is 492 g/mol. The second-order valence-electron chi connectivity index (χ2n) is 10.1. The maximum absolute atomic E-state index is 13.1. The fraction of sp³-hybridized carbons (Fsp3) is 0.303. The minimum Gasteiger partial charge on any atom is -0.462 e. The van der Waals surface area contributed by atoms with Crippen molar-refractivity contribution in [3.63, 3.8) is 0 Å². The molecule has 5 atom stereocenters. The molecule has 3 aromatic carbocycles. The highest BCUT2D eigenvalue weighted by Gasteiger charge is 2.53. The Morgan fingerprint density at radius 2 is 1.54 bits per heavy atom. The molecule has 1 heterocycles. The van der Waals surface area contributed by atoms with Gasteiger partial charge in [0.05, 0.1) is 12.0 Å². The Bertz CT molecular complexity index is 1320. The molecule has 6 nitrogen and oxygen atoms in total. The molecule has 0 amide bonds. The number of benzene rings is 3. The second-order valence-corrected chi connectivity index (χ2v) is 10.1. The van der Waals surface area contributed by atoms with E-state index >= 15 is 0 Å². The van der Waals surface area contributed by atoms with Gasteiger partial charge in [-0.05, 0) is 47.8 Å². The third kappa shape index (κ3) is 6.45. The Balaban J connectivity index is 1.51. The molecule has 0 unspecified atom stereocenters. The van der Waals surface area contributed by atoms with Gasteiger partial charge < -0.3 is 14.2 Å². The van der Waals surface area contributed by atoms with Gasteiger partial charge in [0.15, 0.2) is 0 Å². The molecule has 1 aliphatic heterocycles. The Morgan fingerprint density at radius 1 is 0.923 bits per heavy atom. The summed E-state index contributed by atoms with van der Waals surface area (Å²) in [6, 6.07) is 28.8. The number of ether oxygens (including phenoxy) is 3. The van der Waals surface area contributed by atoms with Crippen molar-refractivity contribution in [2.75, 3.05) is 0 Å². The third-order valence-electron chi connectivity index (χ3n) is 7.47. The Kier molecular flexibility index (Phi) is 8.21. The summed E-state index contributed by atoms with van der Waals surface area (Å²) in [5.41, 5.74) is 3.44. The predicted octanol–water partition coefficient (Wildman–Crippen LogP) is 5.81. The lowest BCUT2D eigenvalue weighted by Crippen LogP contribution is -2.28. The van der Waals surface area contributed by atoms with Gasteiger partial charge in [0.2, 0.25) is 0 Å². The van der Waals surface area contributed by atoms with Crippen molar-refractivity contribution in [1.82, 2.24) is 0 Å². The second kappa shape index (κ2) is 12.1. The molecule has 0 radical (unpaired) electrons. The van der Waals surface area contributed by atoms with Crippen LogP contribution in [0.2, 0.25) is 0 Å². The van der Waals surface area contributed by atoms with Crippen LogP contribution in [0, 0.1) is 11.8 Å². The van der Waals surface area contributed by atoms with Crippen LogP contribution in [-0.4, -0.2) is 36.2 Å². The van der Waals surface area contributed by atoms with Crippen LogP contribution in [0.4, 0.5) is 0 Å². The highest BCUT2D eigenvalue weighted by molar-refractivity contribution is 5.89. The SMILES string of the molecule is CC(=O)O[C@@H](C=C(c1ccccc1)[C@H]1[C@H]2CC(=O)O[C@H]2C[C@H]1OC(=O)c1ccccc1)CCc1ccccc1. The number of hydrogen-bond acceptors (Lipinski definition) is 6. The highest BCUT2D eigenvalue weighted by Crippen LogP contribution is 2.49. The molecule has 5 rings (SSSR count). The minimum atomic E-state index is -0.501. The number of hydrogen-bond donors (Lipinski definition) is 0. The van der Waals surface area contributed by atoms with Crippen molar-refractivity contribution in [3.05, 3.63) is 114 Å². The molecule has 1 saturated carbocycles. The maximum atomic E-state index is 13.1. The van der Waals surface area contributed by atoms with Gasteiger partial charge in [0.1, 0.15) is 18.3 Å². The molecule has 2 aliphatic rings. The number of esters is 3. The molecular formula is C33H32O6. The van der Waals surface area contributed by atoms with Crippen molar-refractivity contribution in [2.45, 2.75) is 50.9 Å². The summed E-state index contributed by atoms with van der Waals surface area (Å²) in [4.78, 5) is 37.5. The molecule has 1 aliphatic carbocycles. The van der Waals surface area contributed by atoms with Gasteiger partial charge in [-0.1, -0.05) is 78.9 Å². The molecule has 200 valence electrons. The quantitative estimate of drug-likeness (QED) is 0.260. The van der Waals surface area contributed by atoms with Crippen molar-refractivity contribution in [1.29, 1.82) is 0 Å². The Labute approximate surface area is 228 Å². The van der Waals surface area contributed by atoms with Crippen LogP contribution in [0.5, 0.6) is 0 Å². The molecule has 0 spiro atoms. The first-order valence-electron chi connectivity index (χ1n) is 13.4. The zero-order chi connectivity index (χ0) is 27.2. The van der Waals surface area contributed by atoms with Crippen molar-refractivity contribution in [2.24, 2.45) is 11.8 Å². The summed E-state index contributed by atoms with van der Waals surface area (Å²) in [5.74, 6) is -1.47. The summed E-state index contributed by atoms with van der Waals surface area (Å²) in [7, 11) is 0. The van der Waals surface area contributed by atoms with Gasteiger partial charge in [0.25, 0.3) is 0 Å². The highest BCUT2D eigenvalue weighted by atomic mass is 16.6. The van der Waals surface area contributed by atoms with Gasteiger partial charge in [-0.25, -0.2) is 4.79 Å². The van der Waals surface area contributed by atoms with Crippen LogP contribution in [0.25, 0.3) is 5.57 Å². The van der Waals surface area contributed by atoms with Crippen LogP contribution in [0.15, 0.2) is 97.1 Å². The van der Waals surface area contributed by atoms with E-state index in [0.29, 0.717) is 18.4 Å². The van der Waals surface area contributed by atoms with E-state index < -0.39 is 18.2 Å². The van der Waals surface area contributed by atoms with Crippen LogP contribution >= 0.6 is 0 Å². The normalized spacial score (nSPS) is 23.0. The minimum absolute atomic E-state index is 0.148. The van der Waals surface area contributed by atoms with Crippen molar-refractivity contribution >= 4 is 23.5 Å². The van der Waals surface area contributed by atoms with E-state index in [1.807, 2.05) is 60.7 Å². The maximum Gasteiger partial charge on any atom is 0.338 e. The first-order chi connectivity index (χ1) is 19.0. The smallest absolute Gasteiger partial charge is 0.338 e. The average Bonchev–Trinajstić information content (AvgIpc) is 3.46. The van der Waals surface area contributed by atoms with Gasteiger partial charge in [-0.3, -0.25) is 9.59 Å². The number of carbonyl (C=O) groups excluding carboxylic acids is 3. The van der Waals surface area contributed by atoms with Crippen LogP contribution in [-0.2, 0) is 30.2 Å². The summed E-state index contributed by atoms with van der Waals surface area (Å²) in [5, 5.41) is 0. The Morgan fingerprint density at radius 3 is 2.18 bits per heavy atom. The van der Waals surface area contributed by atoms with Crippen LogP contribution < -0.4 is 0 Å². The van der Waals surface area contributed by atoms with Gasteiger partial charge in [0, 0.05) is 25.2 Å². The number of rotatable bonds is 9. The number of carbonyl (C=O) groups is 3. The first-order valence-corrected chi connectivity index (χ1v) is 13.4. The fourth-order valence-electron chi connectivity index (χ4n) is 5.77. The van der Waals surface area contributed by atoms with Gasteiger partial charge in [-0.15, -0.1) is 0 Å². The fourth-order valence-corrected chi connectivity index (χ4v) is 5.77. The predicted molar refractivity (Wildman–Crippen MR) is 146 cm³/mol. The topological polar surface area (TPSA) is 78.9 Å². The third-order valence-corrected chi connectivity index (χ3v) is 7.47. The zero-order valence-corrected chi connectivity index (χ0v) is 21.9. The first kappa shape index (κ1) is 26.4. The summed E-state index contributed by atoms with van der Waals surface area (Å²) in [6.45, 7) is 1.41. The van der Waals surface area contributed by atoms with Crippen LogP contribution in [0.1, 0.15) is 47.7 Å². The zero-order valence-electron chi connectivity index (χ0n) is 21.9. The van der Waals surface area contributed by atoms with E-state index in [9.17, 15) is 14.4 Å². The molecule has 39 heavy (non-hydrogen) atoms. The lowest BCUT2D eigenvalue weighted by atomic mass is 9.81. The van der Waals surface area contributed by atoms with Crippen molar-refractivity contribution < 1.29 is 28.6 Å². The largest absolute Gasteiger partial charge is 0.462 e. The van der Waals surface area contributed by atoms with Crippen molar-refractivity contribution in [3.8, 4) is 0 Å². The summed E-state index contributed by atoms with van der Waals surface area (Å²) in [6.07, 6.45) is 2.64. The molecule has 0 N–H and O–H groups in total. The molecule has 0 bridgehead atoms. The average molecular weight is 525 g/mol. The van der Waals surface area contributed by atoms with E-state index in [2.05, 4.69) is 12.1 Å². The number of aryl methyl sites for hydroxylation is 1. The van der Waals surface area contributed by atoms with Gasteiger partial charge in [-0.2, -0.15) is 0 Å². The van der Waals surface area contributed by atoms with Gasteiger partial charge >= 0.3 is 17.9 Å². The molecule has 2 fully saturated rings. The monoisotopic (exact) mass is 524 g/mol. The number of fused-ring (bicyclic) bond motifs is 1. The summed E-state index contributed by atoms with van der Waals surface area (Å²) < 4.78 is 17.5. The van der Waals surface area contributed by atoms with E-state index in [0.717, 1.165) is 23.1 Å². The summed E-state index contributed by atoms with van der Waals surface area (Å²) >= 11 is 0. The molecule has 1 saturated heterocycles. The van der Waals surface area contributed by atoms with E-state index in [4.69, 9.17) is 14.2 Å². The molecule has 0 aromatic heterocycles. The van der Waals surface area contributed by atoms with E-state index in [1.54, 1.807) is 24.3 Å². The standard InChI is InChI=1S/C33H32O6/c1-22(34)37-26(18-17-23-11-5-2-6-12-23)19-27(24-13-7-3-8-14-24)32-28-20-31(35)38-29(28)21-30(32)39-33(36)25-15-9-4-10-16-25/h2-16,19,26,28-30,32H,17-18,20-21H2,1H3/t26-,28+,29+,30-,32+/m1/s1. The van der Waals surface area contributed by atoms with E-state index in [-0.39, 0.29) is 36.3 Å². The molecule has 3 aromatic rings. The van der Waals surface area contributed by atoms with E-state index in [1.165, 1.54) is 6.92 Å². The Hall–Kier alpha value is -4.19. The lowest BCUT2D eigenvalue weighted by molar-refractivity contribution is -0.144. The lowest BCUT2D eigenvalue weighted by Gasteiger charge is -2.28. The van der Waals surface area contributed by atoms with Crippen LogP contribution in [0.3, 0.4) is 0 Å².